The van der Waals surface area contributed by atoms with Gasteiger partial charge in [-0.25, -0.2) is 13.1 Å². The van der Waals surface area contributed by atoms with Crippen LogP contribution in [0.2, 0.25) is 0 Å². The molecule has 1 aromatic heterocycles. The van der Waals surface area contributed by atoms with E-state index in [0.717, 1.165) is 12.8 Å². The molecule has 6 nitrogen and oxygen atoms in total. The third-order valence-corrected chi connectivity index (χ3v) is 3.97. The first-order valence-corrected chi connectivity index (χ1v) is 7.17. The van der Waals surface area contributed by atoms with E-state index in [1.54, 1.807) is 0 Å². The molecule has 1 aromatic rings. The van der Waals surface area contributed by atoms with Crippen LogP contribution < -0.4 is 4.72 Å². The smallest absolute Gasteiger partial charge is 0.243 e. The van der Waals surface area contributed by atoms with Crippen molar-refractivity contribution in [2.24, 2.45) is 5.92 Å². The normalized spacial score (nSPS) is 13.8. The van der Waals surface area contributed by atoms with Crippen LogP contribution in [0.1, 0.15) is 26.2 Å². The average molecular weight is 261 g/mol. The predicted molar refractivity (Wildman–Crippen MR) is 63.9 cm³/mol. The summed E-state index contributed by atoms with van der Waals surface area (Å²) in [5.41, 5.74) is 0. The Labute approximate surface area is 101 Å². The number of H-pyrrole nitrogens is 1. The van der Waals surface area contributed by atoms with Gasteiger partial charge < -0.3 is 5.11 Å². The number of aromatic nitrogens is 2. The van der Waals surface area contributed by atoms with Gasteiger partial charge in [0.15, 0.2) is 0 Å². The highest BCUT2D eigenvalue weighted by Crippen LogP contribution is 2.11. The van der Waals surface area contributed by atoms with Crippen molar-refractivity contribution in [2.75, 3.05) is 13.2 Å². The van der Waals surface area contributed by atoms with E-state index in [1.165, 1.54) is 12.4 Å². The summed E-state index contributed by atoms with van der Waals surface area (Å²) in [6.07, 6.45) is 5.08. The number of nitrogens with one attached hydrogen (secondary N) is 2. The van der Waals surface area contributed by atoms with E-state index >= 15 is 0 Å². The second-order valence-electron chi connectivity index (χ2n) is 3.95. The Hall–Kier alpha value is -0.920. The largest absolute Gasteiger partial charge is 0.396 e. The highest BCUT2D eigenvalue weighted by atomic mass is 32.2. The van der Waals surface area contributed by atoms with Gasteiger partial charge >= 0.3 is 0 Å². The minimum Gasteiger partial charge on any atom is -0.396 e. The summed E-state index contributed by atoms with van der Waals surface area (Å²) in [4.78, 5) is 0.136. The lowest BCUT2D eigenvalue weighted by molar-refractivity contribution is 0.251. The van der Waals surface area contributed by atoms with E-state index < -0.39 is 10.0 Å². The molecule has 0 aromatic carbocycles. The van der Waals surface area contributed by atoms with E-state index in [1.807, 2.05) is 6.92 Å². The summed E-state index contributed by atoms with van der Waals surface area (Å²) in [5, 5.41) is 15.0. The Bertz CT molecular complexity index is 396. The molecule has 0 amide bonds. The van der Waals surface area contributed by atoms with Gasteiger partial charge in [-0.2, -0.15) is 5.10 Å². The summed E-state index contributed by atoms with van der Waals surface area (Å²) in [7, 11) is -3.47. The molecule has 0 aliphatic rings. The third kappa shape index (κ3) is 4.45. The Balaban J connectivity index is 2.53. The number of rotatable bonds is 8. The number of hydrogen-bond donors (Lipinski definition) is 3. The minimum absolute atomic E-state index is 0.0815. The lowest BCUT2D eigenvalue weighted by atomic mass is 10.0. The zero-order chi connectivity index (χ0) is 12.7. The van der Waals surface area contributed by atoms with Gasteiger partial charge in [-0.15, -0.1) is 0 Å². The first kappa shape index (κ1) is 14.1. The molecule has 1 heterocycles. The fourth-order valence-electron chi connectivity index (χ4n) is 1.64. The monoisotopic (exact) mass is 261 g/mol. The third-order valence-electron chi connectivity index (χ3n) is 2.58. The molecule has 1 unspecified atom stereocenters. The summed E-state index contributed by atoms with van der Waals surface area (Å²) < 4.78 is 26.1. The van der Waals surface area contributed by atoms with Gasteiger partial charge in [-0.3, -0.25) is 5.10 Å². The number of hydrogen-bond acceptors (Lipinski definition) is 4. The molecular formula is C10H19N3O3S. The topological polar surface area (TPSA) is 95.1 Å². The standard InChI is InChI=1S/C10H19N3O3S/c1-2-3-9(4-5-14)6-13-17(15,16)10-7-11-12-8-10/h7-9,13-14H,2-6H2,1H3,(H,11,12). The van der Waals surface area contributed by atoms with Crippen LogP contribution in [0, 0.1) is 5.92 Å². The van der Waals surface area contributed by atoms with Crippen LogP contribution >= 0.6 is 0 Å². The molecule has 1 rings (SSSR count). The van der Waals surface area contributed by atoms with Crippen molar-refractivity contribution in [3.05, 3.63) is 12.4 Å². The Morgan fingerprint density at radius 2 is 2.29 bits per heavy atom. The molecule has 0 saturated heterocycles. The highest BCUT2D eigenvalue weighted by molar-refractivity contribution is 7.89. The van der Waals surface area contributed by atoms with Gasteiger partial charge in [-0.05, 0) is 18.8 Å². The molecule has 0 spiro atoms. The zero-order valence-electron chi connectivity index (χ0n) is 9.89. The average Bonchev–Trinajstić information content (AvgIpc) is 2.81. The van der Waals surface area contributed by atoms with Crippen LogP contribution in [-0.2, 0) is 10.0 Å². The number of aliphatic hydroxyl groups excluding tert-OH is 1. The quantitative estimate of drug-likeness (QED) is 0.634. The second kappa shape index (κ2) is 6.73. The molecule has 7 heteroatoms. The van der Waals surface area contributed by atoms with Crippen molar-refractivity contribution in [3.8, 4) is 0 Å². The predicted octanol–water partition coefficient (Wildman–Crippen LogP) is 0.487. The molecule has 0 aliphatic heterocycles. The number of aromatic amines is 1. The van der Waals surface area contributed by atoms with Crippen molar-refractivity contribution in [1.29, 1.82) is 0 Å². The first-order valence-electron chi connectivity index (χ1n) is 5.69. The van der Waals surface area contributed by atoms with Gasteiger partial charge in [0, 0.05) is 19.3 Å². The van der Waals surface area contributed by atoms with Crippen molar-refractivity contribution in [1.82, 2.24) is 14.9 Å². The van der Waals surface area contributed by atoms with E-state index in [9.17, 15) is 8.42 Å². The SMILES string of the molecule is CCCC(CCO)CNS(=O)(=O)c1cn[nH]c1. The van der Waals surface area contributed by atoms with Crippen molar-refractivity contribution in [2.45, 2.75) is 31.1 Å². The van der Waals surface area contributed by atoms with E-state index in [2.05, 4.69) is 14.9 Å². The first-order chi connectivity index (χ1) is 8.10. The molecular weight excluding hydrogens is 242 g/mol. The van der Waals surface area contributed by atoms with E-state index in [4.69, 9.17) is 5.11 Å². The van der Waals surface area contributed by atoms with Gasteiger partial charge in [0.25, 0.3) is 0 Å². The van der Waals surface area contributed by atoms with Crippen LogP contribution in [0.15, 0.2) is 17.3 Å². The fourth-order valence-corrected chi connectivity index (χ4v) is 2.66. The van der Waals surface area contributed by atoms with Crippen molar-refractivity contribution in [3.63, 3.8) is 0 Å². The summed E-state index contributed by atoms with van der Waals surface area (Å²) in [6, 6.07) is 0. The number of aliphatic hydroxyl groups is 1. The van der Waals surface area contributed by atoms with Gasteiger partial charge in [0.05, 0.1) is 6.20 Å². The molecule has 98 valence electrons. The van der Waals surface area contributed by atoms with Crippen LogP contribution in [0.3, 0.4) is 0 Å². The number of nitrogens with zero attached hydrogens (tertiary/aromatic N) is 1. The maximum atomic E-state index is 11.8. The summed E-state index contributed by atoms with van der Waals surface area (Å²) in [5.74, 6) is 0.173. The molecule has 3 N–H and O–H groups in total. The van der Waals surface area contributed by atoms with Crippen LogP contribution in [0.5, 0.6) is 0 Å². The lowest BCUT2D eigenvalue weighted by Gasteiger charge is -2.15. The fraction of sp³-hybridized carbons (Fsp3) is 0.700. The van der Waals surface area contributed by atoms with Gasteiger partial charge in [0.2, 0.25) is 10.0 Å². The maximum Gasteiger partial charge on any atom is 0.243 e. The molecule has 0 radical (unpaired) electrons. The van der Waals surface area contributed by atoms with Gasteiger partial charge in [0.1, 0.15) is 4.90 Å². The summed E-state index contributed by atoms with van der Waals surface area (Å²) >= 11 is 0. The van der Waals surface area contributed by atoms with E-state index in [0.29, 0.717) is 13.0 Å². The Morgan fingerprint density at radius 1 is 1.53 bits per heavy atom. The Morgan fingerprint density at radius 3 is 2.82 bits per heavy atom. The second-order valence-corrected chi connectivity index (χ2v) is 5.72. The summed E-state index contributed by atoms with van der Waals surface area (Å²) in [6.45, 7) is 2.47. The number of sulfonamides is 1. The Kier molecular flexibility index (Phi) is 5.60. The van der Waals surface area contributed by atoms with Crippen LogP contribution in [0.25, 0.3) is 0 Å². The zero-order valence-corrected chi connectivity index (χ0v) is 10.7. The maximum absolute atomic E-state index is 11.8. The van der Waals surface area contributed by atoms with E-state index in [-0.39, 0.29) is 17.4 Å². The highest BCUT2D eigenvalue weighted by Gasteiger charge is 2.17. The molecule has 0 aliphatic carbocycles. The van der Waals surface area contributed by atoms with Crippen molar-refractivity contribution >= 4 is 10.0 Å². The lowest BCUT2D eigenvalue weighted by Crippen LogP contribution is -2.29. The molecule has 0 bridgehead atoms. The van der Waals surface area contributed by atoms with Crippen molar-refractivity contribution < 1.29 is 13.5 Å². The van der Waals surface area contributed by atoms with Gasteiger partial charge in [-0.1, -0.05) is 13.3 Å². The minimum atomic E-state index is -3.47. The molecule has 0 fully saturated rings. The molecule has 1 atom stereocenters. The van der Waals surface area contributed by atoms with Crippen LogP contribution in [-0.4, -0.2) is 36.9 Å². The molecule has 17 heavy (non-hydrogen) atoms. The van der Waals surface area contributed by atoms with Crippen LogP contribution in [0.4, 0.5) is 0 Å². The molecule has 0 saturated carbocycles.